The number of aromatic nitrogens is 1. The van der Waals surface area contributed by atoms with Crippen LogP contribution in [0.5, 0.6) is 0 Å². The quantitative estimate of drug-likeness (QED) is 0.699. The summed E-state index contributed by atoms with van der Waals surface area (Å²) >= 11 is 0. The highest BCUT2D eigenvalue weighted by Crippen LogP contribution is 2.48. The van der Waals surface area contributed by atoms with E-state index in [1.807, 2.05) is 12.1 Å². The van der Waals surface area contributed by atoms with E-state index in [1.165, 1.54) is 18.1 Å². The molecule has 1 saturated carbocycles. The highest BCUT2D eigenvalue weighted by Gasteiger charge is 2.45. The fourth-order valence-electron chi connectivity index (χ4n) is 3.12. The van der Waals surface area contributed by atoms with Gasteiger partial charge in [-0.05, 0) is 41.7 Å². The second kappa shape index (κ2) is 8.24. The predicted molar refractivity (Wildman–Crippen MR) is 93.5 cm³/mol. The SMILES string of the molecule is COC(=O)CCN(Cc1ccc(F)c(F)c1)C(=O)C1CC1c1cccnc1. The molecule has 1 aromatic carbocycles. The van der Waals surface area contributed by atoms with Gasteiger partial charge in [0, 0.05) is 31.4 Å². The van der Waals surface area contributed by atoms with E-state index in [9.17, 15) is 18.4 Å². The first-order chi connectivity index (χ1) is 13.0. The number of pyridine rings is 1. The molecule has 142 valence electrons. The number of carbonyl (C=O) groups excluding carboxylic acids is 2. The monoisotopic (exact) mass is 374 g/mol. The van der Waals surface area contributed by atoms with E-state index in [1.54, 1.807) is 12.4 Å². The molecular formula is C20H20F2N2O3. The van der Waals surface area contributed by atoms with Gasteiger partial charge in [-0.15, -0.1) is 0 Å². The van der Waals surface area contributed by atoms with Crippen LogP contribution in [0.4, 0.5) is 8.78 Å². The summed E-state index contributed by atoms with van der Waals surface area (Å²) in [6, 6.07) is 7.29. The first-order valence-corrected chi connectivity index (χ1v) is 8.69. The number of hydrogen-bond donors (Lipinski definition) is 0. The Labute approximate surface area is 156 Å². The van der Waals surface area contributed by atoms with E-state index < -0.39 is 17.6 Å². The minimum atomic E-state index is -0.965. The number of esters is 1. The minimum Gasteiger partial charge on any atom is -0.469 e. The summed E-state index contributed by atoms with van der Waals surface area (Å²) in [6.07, 6.45) is 4.16. The number of carbonyl (C=O) groups is 2. The molecule has 1 heterocycles. The maximum Gasteiger partial charge on any atom is 0.307 e. The average molecular weight is 374 g/mol. The van der Waals surface area contributed by atoms with E-state index in [2.05, 4.69) is 9.72 Å². The number of ether oxygens (including phenoxy) is 1. The molecular weight excluding hydrogens is 354 g/mol. The van der Waals surface area contributed by atoms with Crippen LogP contribution in [0.25, 0.3) is 0 Å². The van der Waals surface area contributed by atoms with Crippen LogP contribution in [0.15, 0.2) is 42.7 Å². The van der Waals surface area contributed by atoms with Crippen LogP contribution in [-0.4, -0.2) is 35.4 Å². The Morgan fingerprint density at radius 2 is 2.07 bits per heavy atom. The normalized spacial score (nSPS) is 18.0. The lowest BCUT2D eigenvalue weighted by molar-refractivity contribution is -0.142. The molecule has 27 heavy (non-hydrogen) atoms. The Kier molecular flexibility index (Phi) is 5.78. The van der Waals surface area contributed by atoms with Gasteiger partial charge in [0.15, 0.2) is 11.6 Å². The largest absolute Gasteiger partial charge is 0.469 e. The smallest absolute Gasteiger partial charge is 0.307 e. The summed E-state index contributed by atoms with van der Waals surface area (Å²) in [7, 11) is 1.28. The van der Waals surface area contributed by atoms with Crippen LogP contribution in [0.3, 0.4) is 0 Å². The summed E-state index contributed by atoms with van der Waals surface area (Å²) in [5.41, 5.74) is 1.46. The number of amides is 1. The van der Waals surface area contributed by atoms with Crippen molar-refractivity contribution in [2.45, 2.75) is 25.3 Å². The average Bonchev–Trinajstić information content (AvgIpc) is 3.48. The second-order valence-electron chi connectivity index (χ2n) is 6.57. The van der Waals surface area contributed by atoms with Crippen molar-refractivity contribution in [2.75, 3.05) is 13.7 Å². The maximum atomic E-state index is 13.5. The van der Waals surface area contributed by atoms with Gasteiger partial charge in [-0.2, -0.15) is 0 Å². The van der Waals surface area contributed by atoms with Gasteiger partial charge in [-0.1, -0.05) is 12.1 Å². The fourth-order valence-corrected chi connectivity index (χ4v) is 3.12. The fraction of sp³-hybridized carbons (Fsp3) is 0.350. The van der Waals surface area contributed by atoms with Gasteiger partial charge in [0.2, 0.25) is 5.91 Å². The summed E-state index contributed by atoms with van der Waals surface area (Å²) < 4.78 is 31.3. The van der Waals surface area contributed by atoms with E-state index in [0.717, 1.165) is 17.7 Å². The van der Waals surface area contributed by atoms with Crippen molar-refractivity contribution in [2.24, 2.45) is 5.92 Å². The molecule has 5 nitrogen and oxygen atoms in total. The Morgan fingerprint density at radius 1 is 1.26 bits per heavy atom. The number of hydrogen-bond acceptors (Lipinski definition) is 4. The molecule has 2 unspecified atom stereocenters. The van der Waals surface area contributed by atoms with E-state index in [0.29, 0.717) is 12.0 Å². The van der Waals surface area contributed by atoms with Gasteiger partial charge in [-0.25, -0.2) is 8.78 Å². The zero-order valence-electron chi connectivity index (χ0n) is 14.9. The van der Waals surface area contributed by atoms with Gasteiger partial charge in [0.25, 0.3) is 0 Å². The lowest BCUT2D eigenvalue weighted by atomic mass is 10.1. The molecule has 0 radical (unpaired) electrons. The van der Waals surface area contributed by atoms with Crippen LogP contribution in [0.1, 0.15) is 29.9 Å². The molecule has 1 fully saturated rings. The van der Waals surface area contributed by atoms with Gasteiger partial charge in [0.05, 0.1) is 13.5 Å². The lowest BCUT2D eigenvalue weighted by Crippen LogP contribution is -2.34. The molecule has 1 aliphatic rings. The minimum absolute atomic E-state index is 0.0379. The molecule has 1 aliphatic carbocycles. The Morgan fingerprint density at radius 3 is 2.74 bits per heavy atom. The van der Waals surface area contributed by atoms with E-state index >= 15 is 0 Å². The third-order valence-electron chi connectivity index (χ3n) is 4.70. The first-order valence-electron chi connectivity index (χ1n) is 8.69. The van der Waals surface area contributed by atoms with E-state index in [4.69, 9.17) is 0 Å². The van der Waals surface area contributed by atoms with Crippen LogP contribution in [0, 0.1) is 17.6 Å². The van der Waals surface area contributed by atoms with Gasteiger partial charge in [0.1, 0.15) is 0 Å². The third kappa shape index (κ3) is 4.67. The Bertz CT molecular complexity index is 829. The van der Waals surface area contributed by atoms with Gasteiger partial charge in [-0.3, -0.25) is 14.6 Å². The summed E-state index contributed by atoms with van der Waals surface area (Å²) in [6.45, 7) is 0.254. The Hall–Kier alpha value is -2.83. The molecule has 0 bridgehead atoms. The van der Waals surface area contributed by atoms with Crippen LogP contribution in [0.2, 0.25) is 0 Å². The predicted octanol–water partition coefficient (Wildman–Crippen LogP) is 3.06. The van der Waals surface area contributed by atoms with Crippen LogP contribution in [-0.2, 0) is 20.9 Å². The number of methoxy groups -OCH3 is 1. The number of rotatable bonds is 7. The van der Waals surface area contributed by atoms with E-state index in [-0.39, 0.29) is 37.3 Å². The molecule has 1 aromatic heterocycles. The number of benzene rings is 1. The van der Waals surface area contributed by atoms with Crippen molar-refractivity contribution in [3.8, 4) is 0 Å². The molecule has 7 heteroatoms. The molecule has 0 aliphatic heterocycles. The van der Waals surface area contributed by atoms with Gasteiger partial charge >= 0.3 is 5.97 Å². The summed E-state index contributed by atoms with van der Waals surface area (Å²) in [5.74, 6) is -2.55. The molecule has 2 aromatic rings. The standard InChI is InChI=1S/C20H20F2N2O3/c1-27-19(25)6-8-24(12-13-4-5-17(21)18(22)9-13)20(26)16-10-15(16)14-3-2-7-23-11-14/h2-5,7,9,11,15-16H,6,8,10,12H2,1H3. The zero-order chi connectivity index (χ0) is 19.4. The van der Waals surface area contributed by atoms with Crippen molar-refractivity contribution in [1.82, 2.24) is 9.88 Å². The molecule has 3 rings (SSSR count). The molecule has 1 amide bonds. The van der Waals surface area contributed by atoms with Crippen molar-refractivity contribution >= 4 is 11.9 Å². The molecule has 2 atom stereocenters. The van der Waals surface area contributed by atoms with Gasteiger partial charge < -0.3 is 9.64 Å². The number of halogens is 2. The molecule has 0 N–H and O–H groups in total. The maximum absolute atomic E-state index is 13.5. The molecule has 0 saturated heterocycles. The molecule has 0 spiro atoms. The highest BCUT2D eigenvalue weighted by atomic mass is 19.2. The third-order valence-corrected chi connectivity index (χ3v) is 4.70. The summed E-state index contributed by atoms with van der Waals surface area (Å²) in [4.78, 5) is 30.0. The summed E-state index contributed by atoms with van der Waals surface area (Å²) in [5, 5.41) is 0. The van der Waals surface area contributed by atoms with Crippen LogP contribution >= 0.6 is 0 Å². The zero-order valence-corrected chi connectivity index (χ0v) is 14.9. The number of nitrogens with zero attached hydrogens (tertiary/aromatic N) is 2. The second-order valence-corrected chi connectivity index (χ2v) is 6.57. The highest BCUT2D eigenvalue weighted by molar-refractivity contribution is 5.83. The van der Waals surface area contributed by atoms with Crippen molar-refractivity contribution in [3.63, 3.8) is 0 Å². The first kappa shape index (κ1) is 18.9. The van der Waals surface area contributed by atoms with Crippen molar-refractivity contribution < 1.29 is 23.1 Å². The van der Waals surface area contributed by atoms with Crippen molar-refractivity contribution in [3.05, 3.63) is 65.5 Å². The lowest BCUT2D eigenvalue weighted by Gasteiger charge is -2.23. The Balaban J connectivity index is 1.72. The van der Waals surface area contributed by atoms with Crippen LogP contribution < -0.4 is 0 Å². The van der Waals surface area contributed by atoms with Crippen molar-refractivity contribution in [1.29, 1.82) is 0 Å². The topological polar surface area (TPSA) is 59.5 Å².